The number of carbonyl (C=O) groups is 1. The highest BCUT2D eigenvalue weighted by molar-refractivity contribution is 6.32. The van der Waals surface area contributed by atoms with E-state index in [1.807, 2.05) is 38.1 Å². The second-order valence-electron chi connectivity index (χ2n) is 7.00. The Morgan fingerprint density at radius 2 is 2.00 bits per heavy atom. The summed E-state index contributed by atoms with van der Waals surface area (Å²) in [6.07, 6.45) is 3.15. The molecule has 9 nitrogen and oxygen atoms in total. The number of aromatic nitrogens is 5. The number of halogens is 1. The van der Waals surface area contributed by atoms with Crippen LogP contribution in [0, 0.1) is 0 Å². The summed E-state index contributed by atoms with van der Waals surface area (Å²) in [5.41, 5.74) is 2.31. The van der Waals surface area contributed by atoms with E-state index in [1.54, 1.807) is 23.1 Å². The van der Waals surface area contributed by atoms with Gasteiger partial charge in [-0.2, -0.15) is 10.1 Å². The number of hydrogen-bond donors (Lipinski definition) is 1. The molecule has 31 heavy (non-hydrogen) atoms. The summed E-state index contributed by atoms with van der Waals surface area (Å²) < 4.78 is 12.5. The van der Waals surface area contributed by atoms with Gasteiger partial charge in [-0.25, -0.2) is 9.78 Å². The summed E-state index contributed by atoms with van der Waals surface area (Å²) in [5, 5.41) is 17.4. The van der Waals surface area contributed by atoms with Gasteiger partial charge in [-0.1, -0.05) is 41.0 Å². The molecule has 0 radical (unpaired) electrons. The van der Waals surface area contributed by atoms with Crippen LogP contribution in [0.15, 0.2) is 53.3 Å². The molecule has 4 aromatic rings. The lowest BCUT2D eigenvalue weighted by atomic mass is 10.1. The van der Waals surface area contributed by atoms with Crippen molar-refractivity contribution >= 4 is 17.6 Å². The highest BCUT2D eigenvalue weighted by atomic mass is 35.5. The first kappa shape index (κ1) is 20.5. The van der Waals surface area contributed by atoms with Crippen molar-refractivity contribution in [3.8, 4) is 28.7 Å². The van der Waals surface area contributed by atoms with Crippen LogP contribution in [-0.4, -0.2) is 42.1 Å². The first-order chi connectivity index (χ1) is 14.9. The normalized spacial score (nSPS) is 11.1. The first-order valence-corrected chi connectivity index (χ1v) is 9.79. The van der Waals surface area contributed by atoms with Gasteiger partial charge < -0.3 is 14.4 Å². The molecule has 0 fully saturated rings. The van der Waals surface area contributed by atoms with E-state index in [9.17, 15) is 4.79 Å². The van der Waals surface area contributed by atoms with Crippen LogP contribution in [-0.2, 0) is 6.54 Å². The predicted octanol–water partition coefficient (Wildman–Crippen LogP) is 4.18. The van der Waals surface area contributed by atoms with Gasteiger partial charge in [0, 0.05) is 18.0 Å². The number of pyridine rings is 1. The maximum absolute atomic E-state index is 10.9. The molecular formula is C21H18ClN5O4. The summed E-state index contributed by atoms with van der Waals surface area (Å²) in [6.45, 7) is 4.23. The smallest absolute Gasteiger partial charge is 0.356 e. The lowest BCUT2D eigenvalue weighted by Crippen LogP contribution is -2.07. The quantitative estimate of drug-likeness (QED) is 0.455. The number of aromatic carboxylic acids is 1. The molecule has 0 aliphatic rings. The van der Waals surface area contributed by atoms with Crippen molar-refractivity contribution in [1.29, 1.82) is 0 Å². The summed E-state index contributed by atoms with van der Waals surface area (Å²) >= 11 is 6.23. The van der Waals surface area contributed by atoms with Crippen LogP contribution in [0.3, 0.4) is 0 Å². The average molecular weight is 440 g/mol. The second kappa shape index (κ2) is 8.57. The fourth-order valence-corrected chi connectivity index (χ4v) is 3.03. The van der Waals surface area contributed by atoms with Crippen LogP contribution in [0.25, 0.3) is 22.8 Å². The predicted molar refractivity (Wildman–Crippen MR) is 112 cm³/mol. The van der Waals surface area contributed by atoms with E-state index >= 15 is 0 Å². The van der Waals surface area contributed by atoms with E-state index in [0.717, 1.165) is 11.1 Å². The fraction of sp³-hybridized carbons (Fsp3) is 0.190. The molecule has 10 heteroatoms. The summed E-state index contributed by atoms with van der Waals surface area (Å²) in [4.78, 5) is 19.6. The van der Waals surface area contributed by atoms with Crippen molar-refractivity contribution in [1.82, 2.24) is 24.9 Å². The van der Waals surface area contributed by atoms with Gasteiger partial charge in [0.05, 0.1) is 18.2 Å². The van der Waals surface area contributed by atoms with Crippen molar-refractivity contribution in [2.45, 2.75) is 26.5 Å². The summed E-state index contributed by atoms with van der Waals surface area (Å²) in [6, 6.07) is 10.6. The van der Waals surface area contributed by atoms with Crippen molar-refractivity contribution < 1.29 is 19.2 Å². The van der Waals surface area contributed by atoms with Gasteiger partial charge >= 0.3 is 5.97 Å². The second-order valence-corrected chi connectivity index (χ2v) is 7.41. The van der Waals surface area contributed by atoms with Crippen molar-refractivity contribution in [2.24, 2.45) is 0 Å². The molecule has 3 aromatic heterocycles. The number of rotatable bonds is 7. The topological polar surface area (TPSA) is 116 Å². The molecule has 0 aliphatic heterocycles. The number of carboxylic acid groups (broad SMARTS) is 1. The number of ether oxygens (including phenoxy) is 1. The largest absolute Gasteiger partial charge is 0.476 e. The molecule has 0 spiro atoms. The lowest BCUT2D eigenvalue weighted by Gasteiger charge is -2.09. The van der Waals surface area contributed by atoms with Gasteiger partial charge in [-0.05, 0) is 31.5 Å². The average Bonchev–Trinajstić information content (AvgIpc) is 3.40. The number of hydrogen-bond acceptors (Lipinski definition) is 7. The third kappa shape index (κ3) is 4.72. The Labute approximate surface area is 182 Å². The van der Waals surface area contributed by atoms with Gasteiger partial charge in [0.2, 0.25) is 11.7 Å². The Hall–Kier alpha value is -3.72. The van der Waals surface area contributed by atoms with E-state index in [2.05, 4.69) is 20.2 Å². The molecule has 158 valence electrons. The van der Waals surface area contributed by atoms with Crippen LogP contribution >= 0.6 is 11.6 Å². The molecule has 0 amide bonds. The van der Waals surface area contributed by atoms with E-state index < -0.39 is 5.97 Å². The SMILES string of the molecule is CC(C)Oc1ncc(-c2nc(-c3ccc(Cn4ccc(C(=O)O)n4)cc3)no2)cc1Cl. The number of benzene rings is 1. The number of nitrogens with zero attached hydrogens (tertiary/aromatic N) is 5. The van der Waals surface area contributed by atoms with Crippen LogP contribution in [0.2, 0.25) is 5.02 Å². The molecule has 0 bridgehead atoms. The van der Waals surface area contributed by atoms with Crippen LogP contribution in [0.1, 0.15) is 29.9 Å². The fourth-order valence-electron chi connectivity index (χ4n) is 2.82. The van der Waals surface area contributed by atoms with Gasteiger partial charge in [-0.15, -0.1) is 0 Å². The Bertz CT molecular complexity index is 1220. The van der Waals surface area contributed by atoms with Crippen LogP contribution in [0.5, 0.6) is 5.88 Å². The van der Waals surface area contributed by atoms with Gasteiger partial charge in [0.15, 0.2) is 5.69 Å². The van der Waals surface area contributed by atoms with E-state index in [0.29, 0.717) is 34.7 Å². The van der Waals surface area contributed by atoms with Crippen molar-refractivity contribution in [3.63, 3.8) is 0 Å². The highest BCUT2D eigenvalue weighted by Gasteiger charge is 2.14. The van der Waals surface area contributed by atoms with Gasteiger partial charge in [0.1, 0.15) is 5.02 Å². The Morgan fingerprint density at radius 3 is 2.65 bits per heavy atom. The Kier molecular flexibility index (Phi) is 5.68. The number of carboxylic acids is 1. The molecule has 0 saturated heterocycles. The standard InChI is InChI=1S/C21H18ClN5O4/c1-12(2)30-20-16(22)9-15(10-23-20)19-24-18(26-31-19)14-5-3-13(4-6-14)11-27-8-7-17(25-27)21(28)29/h3-10,12H,11H2,1-2H3,(H,28,29). The van der Waals surface area contributed by atoms with Crippen molar-refractivity contribution in [2.75, 3.05) is 0 Å². The van der Waals surface area contributed by atoms with Gasteiger partial charge in [-0.3, -0.25) is 4.68 Å². The maximum Gasteiger partial charge on any atom is 0.356 e. The minimum Gasteiger partial charge on any atom is -0.476 e. The Balaban J connectivity index is 1.48. The Morgan fingerprint density at radius 1 is 1.23 bits per heavy atom. The van der Waals surface area contributed by atoms with E-state index in [4.69, 9.17) is 26.0 Å². The lowest BCUT2D eigenvalue weighted by molar-refractivity contribution is 0.0689. The zero-order chi connectivity index (χ0) is 22.0. The van der Waals surface area contributed by atoms with E-state index in [-0.39, 0.29) is 11.8 Å². The van der Waals surface area contributed by atoms with Crippen LogP contribution < -0.4 is 4.74 Å². The molecule has 0 saturated carbocycles. The molecule has 3 heterocycles. The molecule has 0 aliphatic carbocycles. The minimum absolute atomic E-state index is 0.00865. The van der Waals surface area contributed by atoms with Gasteiger partial charge in [0.25, 0.3) is 5.89 Å². The van der Waals surface area contributed by atoms with E-state index in [1.165, 1.54) is 6.07 Å². The summed E-state index contributed by atoms with van der Waals surface area (Å²) in [7, 11) is 0. The highest BCUT2D eigenvalue weighted by Crippen LogP contribution is 2.29. The summed E-state index contributed by atoms with van der Waals surface area (Å²) in [5.74, 6) is 0.0127. The third-order valence-electron chi connectivity index (χ3n) is 4.24. The molecule has 1 N–H and O–H groups in total. The maximum atomic E-state index is 10.9. The molecule has 0 unspecified atom stereocenters. The zero-order valence-corrected chi connectivity index (χ0v) is 17.4. The zero-order valence-electron chi connectivity index (χ0n) is 16.7. The molecule has 1 aromatic carbocycles. The monoisotopic (exact) mass is 439 g/mol. The molecule has 4 rings (SSSR count). The minimum atomic E-state index is -1.06. The van der Waals surface area contributed by atoms with Crippen LogP contribution in [0.4, 0.5) is 0 Å². The van der Waals surface area contributed by atoms with Crippen molar-refractivity contribution in [3.05, 3.63) is 65.1 Å². The third-order valence-corrected chi connectivity index (χ3v) is 4.51. The molecule has 0 atom stereocenters. The first-order valence-electron chi connectivity index (χ1n) is 9.41. The molecular weight excluding hydrogens is 422 g/mol.